The lowest BCUT2D eigenvalue weighted by atomic mass is 9.91. The van der Waals surface area contributed by atoms with Crippen molar-refractivity contribution in [2.75, 3.05) is 6.54 Å². The van der Waals surface area contributed by atoms with Crippen molar-refractivity contribution in [1.82, 2.24) is 10.6 Å². The van der Waals surface area contributed by atoms with Crippen LogP contribution in [0.4, 0.5) is 0 Å². The molecule has 2 heterocycles. The van der Waals surface area contributed by atoms with Crippen molar-refractivity contribution in [3.63, 3.8) is 0 Å². The van der Waals surface area contributed by atoms with E-state index in [0.29, 0.717) is 12.4 Å². The van der Waals surface area contributed by atoms with Gasteiger partial charge in [-0.05, 0) is 90.8 Å². The molecule has 1 atom stereocenters. The largest absolute Gasteiger partial charge is 0.380 e. The SMILES string of the molecule is C1=C(c2cc(C3=NC(c4ccccc4)NC(c4ccccc4)=N3)cc(-c3ccc4ccccc4c3)c2)CNC(c2ccc(-c3ccccc3)c3ccccc23)=C1. The number of nitrogens with one attached hydrogen (secondary N) is 2. The maximum Gasteiger partial charge on any atom is 0.159 e. The molecular formula is C52H38N4. The van der Waals surface area contributed by atoms with E-state index in [1.165, 1.54) is 43.8 Å². The second kappa shape index (κ2) is 14.5. The first-order chi connectivity index (χ1) is 27.7. The lowest BCUT2D eigenvalue weighted by Gasteiger charge is -2.24. The zero-order valence-electron chi connectivity index (χ0n) is 30.7. The summed E-state index contributed by atoms with van der Waals surface area (Å²) in [4.78, 5) is 10.4. The second-order valence-electron chi connectivity index (χ2n) is 14.3. The molecule has 0 aromatic heterocycles. The van der Waals surface area contributed by atoms with Crippen LogP contribution in [0.2, 0.25) is 0 Å². The minimum Gasteiger partial charge on any atom is -0.380 e. The Morgan fingerprint density at radius 2 is 1.07 bits per heavy atom. The van der Waals surface area contributed by atoms with Crippen LogP contribution in [-0.2, 0) is 0 Å². The van der Waals surface area contributed by atoms with Crippen LogP contribution in [0.1, 0.15) is 34.0 Å². The highest BCUT2D eigenvalue weighted by Gasteiger charge is 2.22. The fraction of sp³-hybridized carbons (Fsp3) is 0.0385. The lowest BCUT2D eigenvalue weighted by Crippen LogP contribution is -2.33. The van der Waals surface area contributed by atoms with Crippen molar-refractivity contribution >= 4 is 44.5 Å². The van der Waals surface area contributed by atoms with Crippen molar-refractivity contribution in [3.05, 3.63) is 228 Å². The number of nitrogens with zero attached hydrogens (tertiary/aromatic N) is 2. The monoisotopic (exact) mass is 718 g/mol. The Morgan fingerprint density at radius 3 is 1.82 bits per heavy atom. The zero-order valence-corrected chi connectivity index (χ0v) is 30.7. The number of rotatable bonds is 7. The van der Waals surface area contributed by atoms with E-state index in [1.54, 1.807) is 0 Å². The third-order valence-corrected chi connectivity index (χ3v) is 10.8. The van der Waals surface area contributed by atoms with Crippen LogP contribution >= 0.6 is 0 Å². The Balaban J connectivity index is 1.09. The molecule has 0 bridgehead atoms. The highest BCUT2D eigenvalue weighted by Crippen LogP contribution is 2.36. The van der Waals surface area contributed by atoms with Gasteiger partial charge in [0.25, 0.3) is 0 Å². The Kier molecular flexibility index (Phi) is 8.62. The van der Waals surface area contributed by atoms with Gasteiger partial charge in [0.2, 0.25) is 0 Å². The number of benzene rings is 8. The molecular weight excluding hydrogens is 681 g/mol. The first-order valence-corrected chi connectivity index (χ1v) is 19.1. The van der Waals surface area contributed by atoms with E-state index in [4.69, 9.17) is 9.98 Å². The molecule has 1 unspecified atom stereocenters. The predicted molar refractivity (Wildman–Crippen MR) is 235 cm³/mol. The van der Waals surface area contributed by atoms with E-state index in [-0.39, 0.29) is 6.17 Å². The molecule has 2 aliphatic heterocycles. The molecule has 2 aliphatic rings. The fourth-order valence-electron chi connectivity index (χ4n) is 7.88. The maximum absolute atomic E-state index is 5.25. The summed E-state index contributed by atoms with van der Waals surface area (Å²) in [5.41, 5.74) is 12.4. The first kappa shape index (κ1) is 33.3. The molecule has 266 valence electrons. The number of allylic oxidation sites excluding steroid dienone is 2. The van der Waals surface area contributed by atoms with Crippen molar-refractivity contribution in [1.29, 1.82) is 0 Å². The van der Waals surface area contributed by atoms with E-state index in [0.717, 1.165) is 44.9 Å². The maximum atomic E-state index is 5.25. The number of amidine groups is 2. The van der Waals surface area contributed by atoms with Gasteiger partial charge in [0.15, 0.2) is 5.84 Å². The predicted octanol–water partition coefficient (Wildman–Crippen LogP) is 11.9. The van der Waals surface area contributed by atoms with Gasteiger partial charge >= 0.3 is 0 Å². The molecule has 0 amide bonds. The number of hydrogen-bond donors (Lipinski definition) is 2. The van der Waals surface area contributed by atoms with Gasteiger partial charge in [-0.2, -0.15) is 0 Å². The standard InChI is InChI=1S/C52H38N4/c1-4-15-36(16-5-1)45-27-28-48(47-23-13-12-22-46(45)47)49-29-26-41(34-53-49)43-31-42(40-25-24-35-14-10-11-21-39(35)30-40)32-44(33-43)52-55-50(37-17-6-2-7-18-37)54-51(56-52)38-19-8-3-9-20-38/h1-33,50,53H,34H2,(H,54,55,56). The minimum atomic E-state index is -0.282. The van der Waals surface area contributed by atoms with E-state index in [9.17, 15) is 0 Å². The highest BCUT2D eigenvalue weighted by atomic mass is 15.2. The van der Waals surface area contributed by atoms with Gasteiger partial charge in [-0.15, -0.1) is 0 Å². The molecule has 0 radical (unpaired) electrons. The summed E-state index contributed by atoms with van der Waals surface area (Å²) < 4.78 is 0. The van der Waals surface area contributed by atoms with Gasteiger partial charge in [0.1, 0.15) is 12.0 Å². The average molecular weight is 719 g/mol. The van der Waals surface area contributed by atoms with E-state index < -0.39 is 0 Å². The molecule has 56 heavy (non-hydrogen) atoms. The van der Waals surface area contributed by atoms with Crippen LogP contribution in [0.25, 0.3) is 55.1 Å². The van der Waals surface area contributed by atoms with Gasteiger partial charge in [-0.1, -0.05) is 170 Å². The zero-order chi connectivity index (χ0) is 37.3. The van der Waals surface area contributed by atoms with Crippen molar-refractivity contribution in [3.8, 4) is 22.3 Å². The van der Waals surface area contributed by atoms with Crippen molar-refractivity contribution in [2.45, 2.75) is 6.17 Å². The Hall–Kier alpha value is -7.30. The third-order valence-electron chi connectivity index (χ3n) is 10.8. The molecule has 10 rings (SSSR count). The van der Waals surface area contributed by atoms with Crippen LogP contribution in [0.15, 0.2) is 210 Å². The minimum absolute atomic E-state index is 0.282. The van der Waals surface area contributed by atoms with Crippen LogP contribution in [0.5, 0.6) is 0 Å². The highest BCUT2D eigenvalue weighted by molar-refractivity contribution is 6.13. The van der Waals surface area contributed by atoms with Crippen LogP contribution < -0.4 is 10.6 Å². The summed E-state index contributed by atoms with van der Waals surface area (Å²) in [6.07, 6.45) is 4.21. The normalized spacial score (nSPS) is 15.2. The Labute approximate surface area is 326 Å². The van der Waals surface area contributed by atoms with Crippen LogP contribution in [-0.4, -0.2) is 18.2 Å². The van der Waals surface area contributed by atoms with Crippen LogP contribution in [0, 0.1) is 0 Å². The number of fused-ring (bicyclic) bond motifs is 2. The summed E-state index contributed by atoms with van der Waals surface area (Å²) >= 11 is 0. The Bertz CT molecular complexity index is 2870. The van der Waals surface area contributed by atoms with Gasteiger partial charge in [-0.3, -0.25) is 0 Å². The van der Waals surface area contributed by atoms with E-state index in [1.807, 2.05) is 24.3 Å². The van der Waals surface area contributed by atoms with Gasteiger partial charge in [-0.25, -0.2) is 9.98 Å². The molecule has 4 nitrogen and oxygen atoms in total. The molecule has 8 aromatic rings. The molecule has 2 N–H and O–H groups in total. The number of hydrogen-bond acceptors (Lipinski definition) is 4. The molecule has 0 fully saturated rings. The molecule has 0 saturated heterocycles. The molecule has 0 spiro atoms. The smallest absolute Gasteiger partial charge is 0.159 e. The third kappa shape index (κ3) is 6.48. The second-order valence-corrected chi connectivity index (χ2v) is 14.3. The number of dihydropyridines is 1. The van der Waals surface area contributed by atoms with E-state index in [2.05, 4.69) is 187 Å². The summed E-state index contributed by atoms with van der Waals surface area (Å²) in [7, 11) is 0. The molecule has 0 saturated carbocycles. The molecule has 8 aromatic carbocycles. The quantitative estimate of drug-likeness (QED) is 0.172. The molecule has 0 aliphatic carbocycles. The van der Waals surface area contributed by atoms with Gasteiger partial charge in [0, 0.05) is 28.9 Å². The number of aliphatic imine (C=N–C) groups is 2. The molecule has 4 heteroatoms. The summed E-state index contributed by atoms with van der Waals surface area (Å²) in [6, 6.07) is 66.6. The fourth-order valence-corrected chi connectivity index (χ4v) is 7.88. The van der Waals surface area contributed by atoms with Crippen molar-refractivity contribution in [2.24, 2.45) is 9.98 Å². The lowest BCUT2D eigenvalue weighted by molar-refractivity contribution is 0.674. The van der Waals surface area contributed by atoms with Gasteiger partial charge in [0.05, 0.1) is 0 Å². The van der Waals surface area contributed by atoms with E-state index >= 15 is 0 Å². The van der Waals surface area contributed by atoms with Crippen LogP contribution in [0.3, 0.4) is 0 Å². The topological polar surface area (TPSA) is 48.8 Å². The Morgan fingerprint density at radius 1 is 0.446 bits per heavy atom. The van der Waals surface area contributed by atoms with Crippen molar-refractivity contribution < 1.29 is 0 Å². The summed E-state index contributed by atoms with van der Waals surface area (Å²) in [5, 5.41) is 12.3. The average Bonchev–Trinajstić information content (AvgIpc) is 3.29. The summed E-state index contributed by atoms with van der Waals surface area (Å²) in [6.45, 7) is 0.681. The first-order valence-electron chi connectivity index (χ1n) is 19.1. The van der Waals surface area contributed by atoms with Gasteiger partial charge < -0.3 is 10.6 Å². The summed E-state index contributed by atoms with van der Waals surface area (Å²) in [5.74, 6) is 1.50.